The SMILES string of the molecule is Cc1cc(-c2c3ccccc3c(-c3ccc4ccccc4c3)c3ccccc23)c(C)cc1-c1cccnc1. The molecule has 0 fully saturated rings. The predicted molar refractivity (Wildman–Crippen MR) is 163 cm³/mol. The lowest BCUT2D eigenvalue weighted by Crippen LogP contribution is -1.94. The second-order valence-corrected chi connectivity index (χ2v) is 10.1. The van der Waals surface area contributed by atoms with Crippen LogP contribution in [0.25, 0.3) is 65.7 Å². The van der Waals surface area contributed by atoms with Crippen LogP contribution in [0, 0.1) is 13.8 Å². The van der Waals surface area contributed by atoms with Gasteiger partial charge in [0, 0.05) is 18.0 Å². The summed E-state index contributed by atoms with van der Waals surface area (Å²) in [6.45, 7) is 4.44. The van der Waals surface area contributed by atoms with Gasteiger partial charge in [0.05, 0.1) is 0 Å². The van der Waals surface area contributed by atoms with Crippen LogP contribution in [-0.2, 0) is 0 Å². The lowest BCUT2D eigenvalue weighted by molar-refractivity contribution is 1.31. The molecule has 0 spiro atoms. The van der Waals surface area contributed by atoms with E-state index in [-0.39, 0.29) is 0 Å². The Kier molecular flexibility index (Phi) is 5.30. The molecule has 0 unspecified atom stereocenters. The van der Waals surface area contributed by atoms with Crippen molar-refractivity contribution in [3.05, 3.63) is 139 Å². The normalized spacial score (nSPS) is 11.4. The number of aromatic nitrogens is 1. The summed E-state index contributed by atoms with van der Waals surface area (Å²) in [6, 6.07) is 42.1. The first-order valence-corrected chi connectivity index (χ1v) is 13.1. The summed E-state index contributed by atoms with van der Waals surface area (Å²) in [4.78, 5) is 4.35. The van der Waals surface area contributed by atoms with Crippen LogP contribution in [0.3, 0.4) is 0 Å². The van der Waals surface area contributed by atoms with Crippen molar-refractivity contribution in [2.75, 3.05) is 0 Å². The van der Waals surface area contributed by atoms with Crippen LogP contribution in [0.5, 0.6) is 0 Å². The third kappa shape index (κ3) is 3.59. The molecule has 0 radical (unpaired) electrons. The molecule has 0 aliphatic carbocycles. The van der Waals surface area contributed by atoms with Gasteiger partial charge in [-0.05, 0) is 97.2 Å². The summed E-state index contributed by atoms with van der Waals surface area (Å²) in [5.41, 5.74) is 10.1. The van der Waals surface area contributed by atoms with Gasteiger partial charge in [0.2, 0.25) is 0 Å². The third-order valence-electron chi connectivity index (χ3n) is 7.78. The fraction of sp³-hybridized carbons (Fsp3) is 0.0541. The highest BCUT2D eigenvalue weighted by Gasteiger charge is 2.18. The van der Waals surface area contributed by atoms with Crippen LogP contribution in [0.4, 0.5) is 0 Å². The van der Waals surface area contributed by atoms with Gasteiger partial charge in [-0.3, -0.25) is 4.98 Å². The van der Waals surface area contributed by atoms with E-state index in [9.17, 15) is 0 Å². The molecule has 6 aromatic carbocycles. The number of benzene rings is 6. The molecule has 0 bridgehead atoms. The average Bonchev–Trinajstić information content (AvgIpc) is 2.97. The monoisotopic (exact) mass is 485 g/mol. The Morgan fingerprint density at radius 3 is 1.68 bits per heavy atom. The van der Waals surface area contributed by atoms with Crippen LogP contribution >= 0.6 is 0 Å². The molecule has 0 N–H and O–H groups in total. The lowest BCUT2D eigenvalue weighted by atomic mass is 9.83. The van der Waals surface area contributed by atoms with Crippen LogP contribution in [0.1, 0.15) is 11.1 Å². The average molecular weight is 486 g/mol. The Bertz CT molecular complexity index is 1930. The Hall–Kier alpha value is -4.75. The van der Waals surface area contributed by atoms with Crippen LogP contribution < -0.4 is 0 Å². The molecule has 7 rings (SSSR count). The summed E-state index contributed by atoms with van der Waals surface area (Å²) in [5.74, 6) is 0. The van der Waals surface area contributed by atoms with E-state index in [1.807, 2.05) is 18.5 Å². The summed E-state index contributed by atoms with van der Waals surface area (Å²) in [7, 11) is 0. The molecule has 0 aliphatic heterocycles. The first-order chi connectivity index (χ1) is 18.7. The Morgan fingerprint density at radius 1 is 0.447 bits per heavy atom. The number of nitrogens with zero attached hydrogens (tertiary/aromatic N) is 1. The number of rotatable bonds is 3. The van der Waals surface area contributed by atoms with Crippen molar-refractivity contribution in [1.29, 1.82) is 0 Å². The molecule has 0 saturated carbocycles. The Labute approximate surface area is 223 Å². The van der Waals surface area contributed by atoms with Crippen LogP contribution in [0.2, 0.25) is 0 Å². The fourth-order valence-electron chi connectivity index (χ4n) is 5.99. The molecule has 1 nitrogen and oxygen atoms in total. The zero-order chi connectivity index (χ0) is 25.6. The Morgan fingerprint density at radius 2 is 1.03 bits per heavy atom. The van der Waals surface area contributed by atoms with Gasteiger partial charge in [0.25, 0.3) is 0 Å². The molecule has 7 aromatic rings. The quantitative estimate of drug-likeness (QED) is 0.227. The van der Waals surface area contributed by atoms with E-state index >= 15 is 0 Å². The van der Waals surface area contributed by atoms with Gasteiger partial charge in [0.15, 0.2) is 0 Å². The summed E-state index contributed by atoms with van der Waals surface area (Å²) in [5, 5.41) is 7.66. The van der Waals surface area contributed by atoms with Crippen molar-refractivity contribution < 1.29 is 0 Å². The molecule has 1 heterocycles. The molecule has 0 amide bonds. The van der Waals surface area contributed by atoms with Crippen molar-refractivity contribution >= 4 is 32.3 Å². The van der Waals surface area contributed by atoms with E-state index in [1.54, 1.807) is 0 Å². The van der Waals surface area contributed by atoms with Gasteiger partial charge < -0.3 is 0 Å². The summed E-state index contributed by atoms with van der Waals surface area (Å²) in [6.07, 6.45) is 3.78. The van der Waals surface area contributed by atoms with E-state index in [0.717, 1.165) is 5.56 Å². The molecular formula is C37H27N. The molecule has 0 aliphatic rings. The van der Waals surface area contributed by atoms with Gasteiger partial charge >= 0.3 is 0 Å². The summed E-state index contributed by atoms with van der Waals surface area (Å²) < 4.78 is 0. The topological polar surface area (TPSA) is 12.9 Å². The molecule has 0 saturated heterocycles. The maximum absolute atomic E-state index is 4.35. The number of hydrogen-bond acceptors (Lipinski definition) is 1. The minimum absolute atomic E-state index is 1.15. The molecule has 180 valence electrons. The zero-order valence-corrected chi connectivity index (χ0v) is 21.6. The number of hydrogen-bond donors (Lipinski definition) is 0. The third-order valence-corrected chi connectivity index (χ3v) is 7.78. The molecule has 38 heavy (non-hydrogen) atoms. The van der Waals surface area contributed by atoms with Gasteiger partial charge in [-0.25, -0.2) is 0 Å². The van der Waals surface area contributed by atoms with E-state index in [4.69, 9.17) is 0 Å². The highest BCUT2D eigenvalue weighted by Crippen LogP contribution is 2.45. The van der Waals surface area contributed by atoms with E-state index in [1.165, 1.54) is 71.3 Å². The Balaban J connectivity index is 1.55. The second kappa shape index (κ2) is 8.97. The molecule has 1 heteroatoms. The number of fused-ring (bicyclic) bond motifs is 3. The number of pyridine rings is 1. The minimum Gasteiger partial charge on any atom is -0.264 e. The van der Waals surface area contributed by atoms with Crippen molar-refractivity contribution in [3.8, 4) is 33.4 Å². The largest absolute Gasteiger partial charge is 0.264 e. The van der Waals surface area contributed by atoms with Gasteiger partial charge in [-0.1, -0.05) is 103 Å². The predicted octanol–water partition coefficient (Wildman–Crippen LogP) is 10.2. The van der Waals surface area contributed by atoms with Crippen LogP contribution in [0.15, 0.2) is 128 Å². The van der Waals surface area contributed by atoms with E-state index in [0.29, 0.717) is 0 Å². The first kappa shape index (κ1) is 22.4. The molecular weight excluding hydrogens is 458 g/mol. The maximum atomic E-state index is 4.35. The minimum atomic E-state index is 1.15. The van der Waals surface area contributed by atoms with Gasteiger partial charge in [-0.2, -0.15) is 0 Å². The molecule has 0 atom stereocenters. The smallest absolute Gasteiger partial charge is 0.0346 e. The van der Waals surface area contributed by atoms with Crippen molar-refractivity contribution in [3.63, 3.8) is 0 Å². The van der Waals surface area contributed by atoms with Crippen LogP contribution in [-0.4, -0.2) is 4.98 Å². The van der Waals surface area contributed by atoms with E-state index < -0.39 is 0 Å². The zero-order valence-electron chi connectivity index (χ0n) is 21.6. The maximum Gasteiger partial charge on any atom is 0.0346 e. The van der Waals surface area contributed by atoms with Crippen molar-refractivity contribution in [2.24, 2.45) is 0 Å². The fourth-order valence-corrected chi connectivity index (χ4v) is 5.99. The second-order valence-electron chi connectivity index (χ2n) is 10.1. The first-order valence-electron chi connectivity index (χ1n) is 13.1. The van der Waals surface area contributed by atoms with Crippen molar-refractivity contribution in [2.45, 2.75) is 13.8 Å². The van der Waals surface area contributed by atoms with Crippen molar-refractivity contribution in [1.82, 2.24) is 4.98 Å². The standard InChI is InChI=1S/C37H27N/c1-24-21-35(25(2)20-34(24)29-12-9-19-38-23-29)37-32-15-7-5-13-30(32)36(31-14-6-8-16-33(31)37)28-18-17-26-10-3-4-11-27(26)22-28/h3-23H,1-2H3. The van der Waals surface area contributed by atoms with E-state index in [2.05, 4.69) is 128 Å². The molecule has 1 aromatic heterocycles. The highest BCUT2D eigenvalue weighted by molar-refractivity contribution is 6.22. The highest BCUT2D eigenvalue weighted by atomic mass is 14.6. The lowest BCUT2D eigenvalue weighted by Gasteiger charge is -2.20. The number of aryl methyl sites for hydroxylation is 2. The van der Waals surface area contributed by atoms with Gasteiger partial charge in [0.1, 0.15) is 0 Å². The summed E-state index contributed by atoms with van der Waals surface area (Å²) >= 11 is 0. The van der Waals surface area contributed by atoms with Gasteiger partial charge in [-0.15, -0.1) is 0 Å².